The Hall–Kier alpha value is -1.33. The van der Waals surface area contributed by atoms with Gasteiger partial charge in [-0.3, -0.25) is 0 Å². The van der Waals surface area contributed by atoms with Crippen molar-refractivity contribution in [3.63, 3.8) is 0 Å². The van der Waals surface area contributed by atoms with Crippen LogP contribution >= 0.6 is 0 Å². The molecule has 1 unspecified atom stereocenters. The van der Waals surface area contributed by atoms with E-state index in [1.807, 2.05) is 30.3 Å². The van der Waals surface area contributed by atoms with Gasteiger partial charge in [0, 0.05) is 0 Å². The normalized spacial score (nSPS) is 20.6. The number of benzene rings is 1. The molecule has 0 radical (unpaired) electrons. The molecular formula is C12H13NO. The quantitative estimate of drug-likeness (QED) is 0.772. The summed E-state index contributed by atoms with van der Waals surface area (Å²) >= 11 is 0. The van der Waals surface area contributed by atoms with Gasteiger partial charge < -0.3 is 5.11 Å². The third kappa shape index (κ3) is 1.30. The van der Waals surface area contributed by atoms with Gasteiger partial charge in [0.25, 0.3) is 0 Å². The molecule has 1 atom stereocenters. The molecule has 1 fully saturated rings. The van der Waals surface area contributed by atoms with Crippen molar-refractivity contribution in [1.29, 1.82) is 5.26 Å². The molecule has 1 aliphatic rings. The van der Waals surface area contributed by atoms with E-state index in [1.165, 1.54) is 0 Å². The lowest BCUT2D eigenvalue weighted by molar-refractivity contribution is 0.00795. The highest BCUT2D eigenvalue weighted by atomic mass is 16.3. The van der Waals surface area contributed by atoms with Crippen LogP contribution < -0.4 is 0 Å². The number of rotatable bonds is 2. The van der Waals surface area contributed by atoms with Crippen LogP contribution in [0.15, 0.2) is 30.3 Å². The van der Waals surface area contributed by atoms with Crippen LogP contribution in [0.3, 0.4) is 0 Å². The summed E-state index contributed by atoms with van der Waals surface area (Å²) in [4.78, 5) is 0. The number of nitrogens with zero attached hydrogens (tertiary/aromatic N) is 1. The standard InChI is InChI=1S/C12H13NO/c13-9-12(7-4-8-12)11(14)10-5-2-1-3-6-10/h1-3,5-6,11,14H,4,7-8H2. The molecule has 0 spiro atoms. The van der Waals surface area contributed by atoms with Crippen LogP contribution in [0, 0.1) is 16.7 Å². The summed E-state index contributed by atoms with van der Waals surface area (Å²) in [5.41, 5.74) is 0.343. The topological polar surface area (TPSA) is 44.0 Å². The predicted octanol–water partition coefficient (Wildman–Crippen LogP) is 2.41. The Morgan fingerprint density at radius 1 is 1.29 bits per heavy atom. The van der Waals surface area contributed by atoms with Crippen molar-refractivity contribution in [3.8, 4) is 6.07 Å². The molecule has 0 amide bonds. The third-order valence-electron chi connectivity index (χ3n) is 3.11. The van der Waals surface area contributed by atoms with E-state index in [0.717, 1.165) is 24.8 Å². The second-order valence-corrected chi connectivity index (χ2v) is 3.93. The molecule has 0 aliphatic heterocycles. The minimum Gasteiger partial charge on any atom is -0.387 e. The molecule has 14 heavy (non-hydrogen) atoms. The summed E-state index contributed by atoms with van der Waals surface area (Å²) in [7, 11) is 0. The Balaban J connectivity index is 2.24. The van der Waals surface area contributed by atoms with Gasteiger partial charge in [0.2, 0.25) is 0 Å². The molecule has 2 rings (SSSR count). The number of hydrogen-bond acceptors (Lipinski definition) is 2. The lowest BCUT2D eigenvalue weighted by atomic mass is 9.65. The summed E-state index contributed by atoms with van der Waals surface area (Å²) in [6.45, 7) is 0. The van der Waals surface area contributed by atoms with Gasteiger partial charge in [0.1, 0.15) is 0 Å². The van der Waals surface area contributed by atoms with Crippen LogP contribution in [0.25, 0.3) is 0 Å². The number of hydrogen-bond donors (Lipinski definition) is 1. The van der Waals surface area contributed by atoms with Crippen LogP contribution in [-0.2, 0) is 0 Å². The van der Waals surface area contributed by atoms with Gasteiger partial charge in [-0.05, 0) is 18.4 Å². The maximum Gasteiger partial charge on any atom is 0.0976 e. The molecule has 0 bridgehead atoms. The smallest absolute Gasteiger partial charge is 0.0976 e. The van der Waals surface area contributed by atoms with E-state index < -0.39 is 11.5 Å². The molecular weight excluding hydrogens is 174 g/mol. The highest BCUT2D eigenvalue weighted by molar-refractivity contribution is 5.24. The first-order chi connectivity index (χ1) is 6.78. The maximum atomic E-state index is 10.1. The fourth-order valence-electron chi connectivity index (χ4n) is 1.96. The number of aliphatic hydroxyl groups is 1. The highest BCUT2D eigenvalue weighted by Crippen LogP contribution is 2.49. The molecule has 1 saturated carbocycles. The predicted molar refractivity (Wildman–Crippen MR) is 53.3 cm³/mol. The van der Waals surface area contributed by atoms with Crippen LogP contribution in [0.5, 0.6) is 0 Å². The van der Waals surface area contributed by atoms with E-state index in [4.69, 9.17) is 5.26 Å². The molecule has 2 heteroatoms. The van der Waals surface area contributed by atoms with E-state index in [0.29, 0.717) is 0 Å². The molecule has 1 aromatic rings. The maximum absolute atomic E-state index is 10.1. The van der Waals surface area contributed by atoms with Gasteiger partial charge in [-0.15, -0.1) is 0 Å². The monoisotopic (exact) mass is 187 g/mol. The average Bonchev–Trinajstić information content (AvgIpc) is 2.18. The van der Waals surface area contributed by atoms with Gasteiger partial charge in [-0.2, -0.15) is 5.26 Å². The minimum atomic E-state index is -0.623. The Labute approximate surface area is 83.8 Å². The first-order valence-electron chi connectivity index (χ1n) is 4.93. The van der Waals surface area contributed by atoms with Crippen LogP contribution in [0.1, 0.15) is 30.9 Å². The summed E-state index contributed by atoms with van der Waals surface area (Å²) in [6, 6.07) is 11.7. The zero-order valence-corrected chi connectivity index (χ0v) is 7.98. The molecule has 1 aromatic carbocycles. The van der Waals surface area contributed by atoms with Crippen molar-refractivity contribution >= 4 is 0 Å². The first kappa shape index (κ1) is 9.23. The second-order valence-electron chi connectivity index (χ2n) is 3.93. The third-order valence-corrected chi connectivity index (χ3v) is 3.11. The van der Waals surface area contributed by atoms with Crippen molar-refractivity contribution in [3.05, 3.63) is 35.9 Å². The summed E-state index contributed by atoms with van der Waals surface area (Å²) < 4.78 is 0. The molecule has 0 aromatic heterocycles. The Morgan fingerprint density at radius 3 is 2.36 bits per heavy atom. The number of nitriles is 1. The fraction of sp³-hybridized carbons (Fsp3) is 0.417. The van der Waals surface area contributed by atoms with Crippen molar-refractivity contribution in [1.82, 2.24) is 0 Å². The lowest BCUT2D eigenvalue weighted by Gasteiger charge is -2.39. The second kappa shape index (κ2) is 3.43. The van der Waals surface area contributed by atoms with Gasteiger partial charge in [0.05, 0.1) is 17.6 Å². The Bertz CT molecular complexity index is 348. The van der Waals surface area contributed by atoms with Gasteiger partial charge in [-0.1, -0.05) is 36.8 Å². The van der Waals surface area contributed by atoms with Gasteiger partial charge in [-0.25, -0.2) is 0 Å². The number of aliphatic hydroxyl groups excluding tert-OH is 1. The van der Waals surface area contributed by atoms with E-state index in [1.54, 1.807) is 0 Å². The highest BCUT2D eigenvalue weighted by Gasteiger charge is 2.44. The van der Waals surface area contributed by atoms with E-state index in [2.05, 4.69) is 6.07 Å². The SMILES string of the molecule is N#CC1(C(O)c2ccccc2)CCC1. The first-order valence-corrected chi connectivity index (χ1v) is 4.93. The summed E-state index contributed by atoms with van der Waals surface area (Å²) in [5, 5.41) is 19.1. The van der Waals surface area contributed by atoms with Gasteiger partial charge in [0.15, 0.2) is 0 Å². The van der Waals surface area contributed by atoms with E-state index in [9.17, 15) is 5.11 Å². The summed E-state index contributed by atoms with van der Waals surface area (Å²) in [6.07, 6.45) is 2.07. The molecule has 1 N–H and O–H groups in total. The van der Waals surface area contributed by atoms with Crippen molar-refractivity contribution < 1.29 is 5.11 Å². The van der Waals surface area contributed by atoms with E-state index in [-0.39, 0.29) is 0 Å². The van der Waals surface area contributed by atoms with E-state index >= 15 is 0 Å². The zero-order valence-electron chi connectivity index (χ0n) is 7.98. The Kier molecular flexibility index (Phi) is 2.26. The molecule has 2 nitrogen and oxygen atoms in total. The Morgan fingerprint density at radius 2 is 1.93 bits per heavy atom. The molecule has 0 heterocycles. The van der Waals surface area contributed by atoms with Crippen LogP contribution in [-0.4, -0.2) is 5.11 Å². The molecule has 1 aliphatic carbocycles. The van der Waals surface area contributed by atoms with Crippen LogP contribution in [0.4, 0.5) is 0 Å². The fourth-order valence-corrected chi connectivity index (χ4v) is 1.96. The minimum absolute atomic E-state index is 0.513. The summed E-state index contributed by atoms with van der Waals surface area (Å²) in [5.74, 6) is 0. The van der Waals surface area contributed by atoms with Gasteiger partial charge >= 0.3 is 0 Å². The molecule has 72 valence electrons. The van der Waals surface area contributed by atoms with Crippen molar-refractivity contribution in [2.45, 2.75) is 25.4 Å². The lowest BCUT2D eigenvalue weighted by Crippen LogP contribution is -2.34. The van der Waals surface area contributed by atoms with Crippen molar-refractivity contribution in [2.75, 3.05) is 0 Å². The largest absolute Gasteiger partial charge is 0.387 e. The van der Waals surface area contributed by atoms with Crippen LogP contribution in [0.2, 0.25) is 0 Å². The zero-order chi connectivity index (χ0) is 10.0. The molecule has 0 saturated heterocycles. The average molecular weight is 187 g/mol. The van der Waals surface area contributed by atoms with Crippen molar-refractivity contribution in [2.24, 2.45) is 5.41 Å².